The van der Waals surface area contributed by atoms with Gasteiger partial charge >= 0.3 is 0 Å². The van der Waals surface area contributed by atoms with Gasteiger partial charge in [-0.25, -0.2) is 0 Å². The monoisotopic (exact) mass is 564 g/mol. The van der Waals surface area contributed by atoms with Crippen LogP contribution in [0.3, 0.4) is 0 Å². The van der Waals surface area contributed by atoms with Gasteiger partial charge in [0.2, 0.25) is 0 Å². The van der Waals surface area contributed by atoms with Crippen LogP contribution in [-0.2, 0) is 4.79 Å². The molecule has 4 nitrogen and oxygen atoms in total. The summed E-state index contributed by atoms with van der Waals surface area (Å²) in [5.74, 6) is 0.149. The second-order valence-corrected chi connectivity index (χ2v) is 7.77. The van der Waals surface area contributed by atoms with Crippen molar-refractivity contribution in [3.05, 3.63) is 59.6 Å². The van der Waals surface area contributed by atoms with E-state index in [0.717, 1.165) is 13.8 Å². The van der Waals surface area contributed by atoms with Crippen molar-refractivity contribution >= 4 is 79.4 Å². The molecule has 0 saturated carbocycles. The number of nitrogens with one attached hydrogen (secondary N) is 1. The van der Waals surface area contributed by atoms with Gasteiger partial charge in [0.1, 0.15) is 17.4 Å². The molecule has 0 aliphatic rings. The molecule has 8 heteroatoms. The summed E-state index contributed by atoms with van der Waals surface area (Å²) in [5.41, 5.74) is 0.967. The van der Waals surface area contributed by atoms with E-state index in [4.69, 9.17) is 27.9 Å². The second kappa shape index (κ2) is 9.60. The standard InChI is InChI=1S/C18H12BrCl2IN2O2/c1-2-26-17-12(19)7-10(8-14(17)22)6-11(9-23)18(25)24-15-5-3-4-13(20)16(15)21/h3-8H,2H2,1H3,(H,24,25)/b11-6-. The summed E-state index contributed by atoms with van der Waals surface area (Å²) in [6.07, 6.45) is 1.50. The Bertz CT molecular complexity index is 903. The van der Waals surface area contributed by atoms with Gasteiger partial charge in [0.25, 0.3) is 5.91 Å². The van der Waals surface area contributed by atoms with E-state index in [9.17, 15) is 10.1 Å². The van der Waals surface area contributed by atoms with E-state index < -0.39 is 5.91 Å². The highest BCUT2D eigenvalue weighted by Crippen LogP contribution is 2.33. The number of carbonyl (C=O) groups is 1. The van der Waals surface area contributed by atoms with Gasteiger partial charge in [-0.3, -0.25) is 4.79 Å². The summed E-state index contributed by atoms with van der Waals surface area (Å²) in [6, 6.07) is 10.4. The van der Waals surface area contributed by atoms with Crippen molar-refractivity contribution < 1.29 is 9.53 Å². The third kappa shape index (κ3) is 5.13. The summed E-state index contributed by atoms with van der Waals surface area (Å²) in [5, 5.41) is 12.5. The van der Waals surface area contributed by atoms with Crippen molar-refractivity contribution in [2.75, 3.05) is 11.9 Å². The van der Waals surface area contributed by atoms with Gasteiger partial charge in [-0.1, -0.05) is 29.3 Å². The SMILES string of the molecule is CCOc1c(Br)cc(/C=C(/C#N)C(=O)Nc2cccc(Cl)c2Cl)cc1I. The van der Waals surface area contributed by atoms with Crippen molar-refractivity contribution in [2.45, 2.75) is 6.92 Å². The van der Waals surface area contributed by atoms with Crippen molar-refractivity contribution in [1.82, 2.24) is 0 Å². The average Bonchev–Trinajstić information content (AvgIpc) is 2.60. The highest BCUT2D eigenvalue weighted by atomic mass is 127. The summed E-state index contributed by atoms with van der Waals surface area (Å²) in [7, 11) is 0. The van der Waals surface area contributed by atoms with E-state index in [1.807, 2.05) is 19.1 Å². The van der Waals surface area contributed by atoms with Crippen LogP contribution in [0.25, 0.3) is 6.08 Å². The molecule has 0 spiro atoms. The first-order valence-corrected chi connectivity index (χ1v) is 9.99. The number of rotatable bonds is 5. The number of ether oxygens (including phenoxy) is 1. The molecule has 0 bridgehead atoms. The lowest BCUT2D eigenvalue weighted by molar-refractivity contribution is -0.112. The molecule has 0 atom stereocenters. The molecule has 134 valence electrons. The molecule has 0 aromatic heterocycles. The van der Waals surface area contributed by atoms with Crippen LogP contribution >= 0.6 is 61.7 Å². The fourth-order valence-electron chi connectivity index (χ4n) is 2.05. The molecule has 0 saturated heterocycles. The molecule has 1 amide bonds. The summed E-state index contributed by atoms with van der Waals surface area (Å²) in [6.45, 7) is 2.44. The minimum atomic E-state index is -0.573. The highest BCUT2D eigenvalue weighted by molar-refractivity contribution is 14.1. The largest absolute Gasteiger partial charge is 0.492 e. The number of benzene rings is 2. The Labute approximate surface area is 183 Å². The predicted molar refractivity (Wildman–Crippen MR) is 117 cm³/mol. The third-order valence-electron chi connectivity index (χ3n) is 3.19. The zero-order valence-corrected chi connectivity index (χ0v) is 18.7. The van der Waals surface area contributed by atoms with Gasteiger partial charge < -0.3 is 10.1 Å². The van der Waals surface area contributed by atoms with Gasteiger partial charge in [0.15, 0.2) is 0 Å². The predicted octanol–water partition coefficient (Wildman–Crippen LogP) is 6.30. The van der Waals surface area contributed by atoms with Crippen molar-refractivity contribution in [3.8, 4) is 11.8 Å². The van der Waals surface area contributed by atoms with E-state index in [1.54, 1.807) is 24.3 Å². The lowest BCUT2D eigenvalue weighted by atomic mass is 10.1. The van der Waals surface area contributed by atoms with E-state index in [-0.39, 0.29) is 10.6 Å². The summed E-state index contributed by atoms with van der Waals surface area (Å²) >= 11 is 17.6. The average molecular weight is 566 g/mol. The Hall–Kier alpha value is -1.27. The number of amides is 1. The molecule has 0 radical (unpaired) electrons. The molecule has 1 N–H and O–H groups in total. The van der Waals surface area contributed by atoms with Gasteiger partial charge in [-0.15, -0.1) is 0 Å². The summed E-state index contributed by atoms with van der Waals surface area (Å²) < 4.78 is 7.16. The zero-order valence-electron chi connectivity index (χ0n) is 13.4. The van der Waals surface area contributed by atoms with Gasteiger partial charge in [-0.2, -0.15) is 5.26 Å². The molecule has 0 fully saturated rings. The zero-order chi connectivity index (χ0) is 19.3. The van der Waals surface area contributed by atoms with Crippen LogP contribution in [0.15, 0.2) is 40.4 Å². The molecule has 0 heterocycles. The van der Waals surface area contributed by atoms with E-state index in [1.165, 1.54) is 6.08 Å². The quantitative estimate of drug-likeness (QED) is 0.263. The van der Waals surface area contributed by atoms with Crippen LogP contribution < -0.4 is 10.1 Å². The molecule has 2 aromatic rings. The molecular weight excluding hydrogens is 554 g/mol. The third-order valence-corrected chi connectivity index (χ3v) is 5.39. The molecular formula is C18H12BrCl2IN2O2. The van der Waals surface area contributed by atoms with Crippen LogP contribution in [0.1, 0.15) is 12.5 Å². The Morgan fingerprint density at radius 2 is 2.15 bits per heavy atom. The Morgan fingerprint density at radius 3 is 2.77 bits per heavy atom. The second-order valence-electron chi connectivity index (χ2n) is 4.97. The maximum atomic E-state index is 12.4. The van der Waals surface area contributed by atoms with E-state index in [2.05, 4.69) is 43.8 Å². The number of nitrogens with zero attached hydrogens (tertiary/aromatic N) is 1. The van der Waals surface area contributed by atoms with Crippen LogP contribution in [0.4, 0.5) is 5.69 Å². The number of hydrogen-bond acceptors (Lipinski definition) is 3. The van der Waals surface area contributed by atoms with Crippen LogP contribution in [0.5, 0.6) is 5.75 Å². The fourth-order valence-corrected chi connectivity index (χ4v) is 4.17. The number of hydrogen-bond donors (Lipinski definition) is 1. The first kappa shape index (κ1) is 21.0. The Balaban J connectivity index is 2.31. The molecule has 26 heavy (non-hydrogen) atoms. The lowest BCUT2D eigenvalue weighted by Gasteiger charge is -2.10. The van der Waals surface area contributed by atoms with E-state index >= 15 is 0 Å². The number of anilines is 1. The normalized spacial score (nSPS) is 11.0. The van der Waals surface area contributed by atoms with Gasteiger partial charge in [0, 0.05) is 0 Å². The molecule has 0 aliphatic carbocycles. The molecule has 0 aliphatic heterocycles. The van der Waals surface area contributed by atoms with Crippen LogP contribution in [0.2, 0.25) is 10.0 Å². The fraction of sp³-hybridized carbons (Fsp3) is 0.111. The Kier molecular flexibility index (Phi) is 7.77. The first-order chi connectivity index (χ1) is 12.4. The smallest absolute Gasteiger partial charge is 0.266 e. The number of halogens is 4. The minimum Gasteiger partial charge on any atom is -0.492 e. The van der Waals surface area contributed by atoms with Crippen molar-refractivity contribution in [3.63, 3.8) is 0 Å². The minimum absolute atomic E-state index is 0.0621. The van der Waals surface area contributed by atoms with Crippen molar-refractivity contribution in [1.29, 1.82) is 5.26 Å². The summed E-state index contributed by atoms with van der Waals surface area (Å²) in [4.78, 5) is 12.4. The van der Waals surface area contributed by atoms with Crippen LogP contribution in [0, 0.1) is 14.9 Å². The van der Waals surface area contributed by atoms with Crippen molar-refractivity contribution in [2.24, 2.45) is 0 Å². The Morgan fingerprint density at radius 1 is 1.42 bits per heavy atom. The highest BCUT2D eigenvalue weighted by Gasteiger charge is 2.14. The lowest BCUT2D eigenvalue weighted by Crippen LogP contribution is -2.13. The van der Waals surface area contributed by atoms with Crippen LogP contribution in [-0.4, -0.2) is 12.5 Å². The first-order valence-electron chi connectivity index (χ1n) is 7.36. The number of nitriles is 1. The maximum Gasteiger partial charge on any atom is 0.266 e. The van der Waals surface area contributed by atoms with E-state index in [0.29, 0.717) is 22.9 Å². The maximum absolute atomic E-state index is 12.4. The molecule has 0 unspecified atom stereocenters. The molecule has 2 aromatic carbocycles. The molecule has 2 rings (SSSR count). The van der Waals surface area contributed by atoms with Gasteiger partial charge in [-0.05, 0) is 81.3 Å². The number of carbonyl (C=O) groups excluding carboxylic acids is 1. The van der Waals surface area contributed by atoms with Gasteiger partial charge in [0.05, 0.1) is 30.4 Å². The topological polar surface area (TPSA) is 62.1 Å².